The van der Waals surface area contributed by atoms with Gasteiger partial charge in [-0.3, -0.25) is 4.98 Å². The van der Waals surface area contributed by atoms with Crippen LogP contribution in [0.4, 0.5) is 5.82 Å². The second-order valence-corrected chi connectivity index (χ2v) is 7.15. The van der Waals surface area contributed by atoms with E-state index < -0.39 is 0 Å². The van der Waals surface area contributed by atoms with Gasteiger partial charge in [0.1, 0.15) is 17.8 Å². The van der Waals surface area contributed by atoms with Gasteiger partial charge >= 0.3 is 0 Å². The predicted octanol–water partition coefficient (Wildman–Crippen LogP) is 4.86. The van der Waals surface area contributed by atoms with E-state index in [1.165, 1.54) is 11.9 Å². The molecular formula is C24H22N6. The fourth-order valence-electron chi connectivity index (χ4n) is 3.66. The van der Waals surface area contributed by atoms with Gasteiger partial charge in [-0.25, -0.2) is 9.97 Å². The topological polar surface area (TPSA) is 93.4 Å². The van der Waals surface area contributed by atoms with E-state index in [-0.39, 0.29) is 0 Å². The number of nitriles is 1. The van der Waals surface area contributed by atoms with Gasteiger partial charge in [0, 0.05) is 30.1 Å². The summed E-state index contributed by atoms with van der Waals surface area (Å²) in [5.41, 5.74) is 12.4. The van der Waals surface area contributed by atoms with Gasteiger partial charge in [0.25, 0.3) is 0 Å². The average Bonchev–Trinajstić information content (AvgIpc) is 3.08. The molecule has 3 aromatic heterocycles. The molecule has 3 heterocycles. The van der Waals surface area contributed by atoms with E-state index in [1.54, 1.807) is 12.4 Å². The molecule has 4 rings (SSSR count). The number of rotatable bonds is 5. The summed E-state index contributed by atoms with van der Waals surface area (Å²) in [5.74, 6) is 0.431. The highest BCUT2D eigenvalue weighted by Crippen LogP contribution is 2.38. The summed E-state index contributed by atoms with van der Waals surface area (Å²) in [6.45, 7) is 4.91. The van der Waals surface area contributed by atoms with Crippen LogP contribution in [0.25, 0.3) is 33.8 Å². The minimum atomic E-state index is 0.431. The SMILES string of the molecule is CCCn1c(/C=C(\C#N)c2cccnc2)c(-c2ccc(C)cc2)c2c(N)ncnc21. The first-order valence-corrected chi connectivity index (χ1v) is 9.86. The van der Waals surface area contributed by atoms with Crippen LogP contribution in [0.1, 0.15) is 30.2 Å². The summed E-state index contributed by atoms with van der Waals surface area (Å²) in [4.78, 5) is 12.9. The van der Waals surface area contributed by atoms with E-state index in [4.69, 9.17) is 5.73 Å². The van der Waals surface area contributed by atoms with Crippen molar-refractivity contribution in [3.05, 3.63) is 71.9 Å². The number of nitrogens with zero attached hydrogens (tertiary/aromatic N) is 5. The first-order valence-electron chi connectivity index (χ1n) is 9.86. The third-order valence-electron chi connectivity index (χ3n) is 5.07. The van der Waals surface area contributed by atoms with Crippen LogP contribution in [0.2, 0.25) is 0 Å². The van der Waals surface area contributed by atoms with Gasteiger partial charge in [0.2, 0.25) is 0 Å². The Morgan fingerprint density at radius 3 is 2.67 bits per heavy atom. The monoisotopic (exact) mass is 394 g/mol. The minimum Gasteiger partial charge on any atom is -0.383 e. The number of nitrogens with two attached hydrogens (primary N) is 1. The Morgan fingerprint density at radius 1 is 1.20 bits per heavy atom. The molecule has 30 heavy (non-hydrogen) atoms. The lowest BCUT2D eigenvalue weighted by atomic mass is 9.99. The molecule has 1 aromatic carbocycles. The van der Waals surface area contributed by atoms with E-state index >= 15 is 0 Å². The van der Waals surface area contributed by atoms with Gasteiger partial charge in [0.15, 0.2) is 0 Å². The summed E-state index contributed by atoms with van der Waals surface area (Å²) in [7, 11) is 0. The van der Waals surface area contributed by atoms with Crippen molar-refractivity contribution in [1.29, 1.82) is 5.26 Å². The molecular weight excluding hydrogens is 372 g/mol. The molecule has 2 N–H and O–H groups in total. The summed E-state index contributed by atoms with van der Waals surface area (Å²) in [6, 6.07) is 14.3. The van der Waals surface area contributed by atoms with Crippen molar-refractivity contribution in [2.75, 3.05) is 5.73 Å². The molecule has 0 aliphatic rings. The van der Waals surface area contributed by atoms with Crippen molar-refractivity contribution in [3.63, 3.8) is 0 Å². The van der Waals surface area contributed by atoms with Gasteiger partial charge in [0.05, 0.1) is 22.7 Å². The van der Waals surface area contributed by atoms with Crippen molar-refractivity contribution in [1.82, 2.24) is 19.5 Å². The normalized spacial score (nSPS) is 11.6. The third-order valence-corrected chi connectivity index (χ3v) is 5.07. The molecule has 0 atom stereocenters. The largest absolute Gasteiger partial charge is 0.383 e. The lowest BCUT2D eigenvalue weighted by molar-refractivity contribution is 0.692. The maximum Gasteiger partial charge on any atom is 0.146 e. The standard InChI is InChI=1S/C24H22N6/c1-3-11-30-20(12-19(13-25)18-5-4-10-27-14-18)21(17-8-6-16(2)7-9-17)22-23(26)28-15-29-24(22)30/h4-10,12,14-15H,3,11H2,1-2H3,(H2,26,28,29)/b19-12+. The zero-order valence-electron chi connectivity index (χ0n) is 17.0. The molecule has 0 radical (unpaired) electrons. The Labute approximate surface area is 175 Å². The molecule has 0 amide bonds. The van der Waals surface area contributed by atoms with Crippen molar-refractivity contribution in [2.45, 2.75) is 26.8 Å². The second-order valence-electron chi connectivity index (χ2n) is 7.15. The molecule has 6 nitrogen and oxygen atoms in total. The fraction of sp³-hybridized carbons (Fsp3) is 0.167. The number of aromatic nitrogens is 4. The van der Waals surface area contributed by atoms with E-state index in [9.17, 15) is 5.26 Å². The van der Waals surface area contributed by atoms with E-state index in [0.717, 1.165) is 46.4 Å². The molecule has 0 saturated heterocycles. The number of hydrogen-bond donors (Lipinski definition) is 1. The molecule has 0 fully saturated rings. The first kappa shape index (κ1) is 19.3. The van der Waals surface area contributed by atoms with E-state index in [1.807, 2.05) is 18.2 Å². The lowest BCUT2D eigenvalue weighted by Gasteiger charge is -2.09. The Bertz CT molecular complexity index is 1260. The number of aryl methyl sites for hydroxylation is 2. The van der Waals surface area contributed by atoms with Gasteiger partial charge in [-0.05, 0) is 31.1 Å². The lowest BCUT2D eigenvalue weighted by Crippen LogP contribution is -2.02. The van der Waals surface area contributed by atoms with E-state index in [0.29, 0.717) is 11.4 Å². The van der Waals surface area contributed by atoms with Crippen molar-refractivity contribution in [2.24, 2.45) is 0 Å². The number of pyridine rings is 1. The molecule has 4 aromatic rings. The van der Waals surface area contributed by atoms with Crippen LogP contribution in [0.15, 0.2) is 55.1 Å². The predicted molar refractivity (Wildman–Crippen MR) is 120 cm³/mol. The number of fused-ring (bicyclic) bond motifs is 1. The smallest absolute Gasteiger partial charge is 0.146 e. The Balaban J connectivity index is 2.09. The molecule has 0 bridgehead atoms. The number of benzene rings is 1. The summed E-state index contributed by atoms with van der Waals surface area (Å²) in [6.07, 6.45) is 7.70. The number of anilines is 1. The molecule has 0 aliphatic carbocycles. The number of nitrogen functional groups attached to an aromatic ring is 1. The maximum absolute atomic E-state index is 9.88. The summed E-state index contributed by atoms with van der Waals surface area (Å²) >= 11 is 0. The van der Waals surface area contributed by atoms with Gasteiger partial charge in [-0.15, -0.1) is 0 Å². The molecule has 148 valence electrons. The Hall–Kier alpha value is -3.98. The van der Waals surface area contributed by atoms with Crippen LogP contribution < -0.4 is 5.73 Å². The average molecular weight is 394 g/mol. The number of hydrogen-bond acceptors (Lipinski definition) is 5. The Kier molecular flexibility index (Phi) is 5.27. The van der Waals surface area contributed by atoms with E-state index in [2.05, 4.69) is 63.7 Å². The molecule has 0 aliphatic heterocycles. The van der Waals surface area contributed by atoms with Gasteiger partial charge in [-0.1, -0.05) is 42.8 Å². The Morgan fingerprint density at radius 2 is 2.00 bits per heavy atom. The van der Waals surface area contributed by atoms with Crippen LogP contribution in [0.5, 0.6) is 0 Å². The molecule has 0 saturated carbocycles. The van der Waals surface area contributed by atoms with Crippen LogP contribution in [0, 0.1) is 18.3 Å². The number of allylic oxidation sites excluding steroid dienone is 1. The zero-order valence-corrected chi connectivity index (χ0v) is 17.0. The highest BCUT2D eigenvalue weighted by Gasteiger charge is 2.21. The fourth-order valence-corrected chi connectivity index (χ4v) is 3.66. The third kappa shape index (κ3) is 3.42. The zero-order chi connectivity index (χ0) is 21.1. The summed E-state index contributed by atoms with van der Waals surface area (Å²) in [5, 5.41) is 10.7. The summed E-state index contributed by atoms with van der Waals surface area (Å²) < 4.78 is 2.12. The first-order chi connectivity index (χ1) is 14.6. The van der Waals surface area contributed by atoms with Crippen LogP contribution in [-0.2, 0) is 6.54 Å². The van der Waals surface area contributed by atoms with Crippen molar-refractivity contribution in [3.8, 4) is 17.2 Å². The van der Waals surface area contributed by atoms with Gasteiger partial charge in [-0.2, -0.15) is 5.26 Å². The maximum atomic E-state index is 9.88. The quantitative estimate of drug-likeness (QED) is 0.488. The molecule has 0 spiro atoms. The van der Waals surface area contributed by atoms with Crippen LogP contribution >= 0.6 is 0 Å². The van der Waals surface area contributed by atoms with Gasteiger partial charge < -0.3 is 10.3 Å². The molecule has 6 heteroatoms. The second kappa shape index (κ2) is 8.18. The van der Waals surface area contributed by atoms with Crippen LogP contribution in [-0.4, -0.2) is 19.5 Å². The minimum absolute atomic E-state index is 0.431. The molecule has 0 unspecified atom stereocenters. The highest BCUT2D eigenvalue weighted by molar-refractivity contribution is 6.06. The van der Waals surface area contributed by atoms with Crippen molar-refractivity contribution >= 4 is 28.5 Å². The van der Waals surface area contributed by atoms with Crippen LogP contribution in [0.3, 0.4) is 0 Å². The highest BCUT2D eigenvalue weighted by atomic mass is 15.1. The van der Waals surface area contributed by atoms with Crippen molar-refractivity contribution < 1.29 is 0 Å².